The standard InChI is InChI=1S/C12H20N2O5S2/c1-10(2)14(7-8-19-3)21(17,18)12-6-4-5-11(9-12)20(13,15)16/h4-6,9-10H,7-8H2,1-3H3,(H2,13,15,16). The lowest BCUT2D eigenvalue weighted by molar-refractivity contribution is 0.171. The second-order valence-corrected chi connectivity index (χ2v) is 8.17. The molecular formula is C12H20N2O5S2. The zero-order chi connectivity index (χ0) is 16.3. The molecule has 1 aromatic rings. The lowest BCUT2D eigenvalue weighted by Crippen LogP contribution is -2.39. The highest BCUT2D eigenvalue weighted by Gasteiger charge is 2.27. The minimum atomic E-state index is -3.96. The Bertz CT molecular complexity index is 683. The van der Waals surface area contributed by atoms with Gasteiger partial charge in [0.2, 0.25) is 20.0 Å². The van der Waals surface area contributed by atoms with Gasteiger partial charge >= 0.3 is 0 Å². The Morgan fingerprint density at radius 2 is 1.76 bits per heavy atom. The van der Waals surface area contributed by atoms with Gasteiger partial charge in [-0.15, -0.1) is 0 Å². The lowest BCUT2D eigenvalue weighted by Gasteiger charge is -2.25. The van der Waals surface area contributed by atoms with Gasteiger partial charge in [0.05, 0.1) is 16.4 Å². The van der Waals surface area contributed by atoms with Crippen LogP contribution in [-0.4, -0.2) is 47.4 Å². The number of rotatable bonds is 7. The number of benzene rings is 1. The van der Waals surface area contributed by atoms with Crippen LogP contribution < -0.4 is 5.14 Å². The molecule has 0 heterocycles. The van der Waals surface area contributed by atoms with Crippen LogP contribution in [0.3, 0.4) is 0 Å². The van der Waals surface area contributed by atoms with E-state index in [0.717, 1.165) is 6.07 Å². The van der Waals surface area contributed by atoms with Crippen LogP contribution in [0.5, 0.6) is 0 Å². The maximum atomic E-state index is 12.6. The summed E-state index contributed by atoms with van der Waals surface area (Å²) in [5.74, 6) is 0. The van der Waals surface area contributed by atoms with Gasteiger partial charge in [0, 0.05) is 19.7 Å². The summed E-state index contributed by atoms with van der Waals surface area (Å²) in [4.78, 5) is -0.349. The van der Waals surface area contributed by atoms with Crippen LogP contribution in [0.25, 0.3) is 0 Å². The average molecular weight is 336 g/mol. The van der Waals surface area contributed by atoms with Crippen LogP contribution >= 0.6 is 0 Å². The molecule has 9 heteroatoms. The molecule has 0 spiro atoms. The van der Waals surface area contributed by atoms with E-state index in [0.29, 0.717) is 0 Å². The van der Waals surface area contributed by atoms with Crippen molar-refractivity contribution in [3.8, 4) is 0 Å². The summed E-state index contributed by atoms with van der Waals surface area (Å²) >= 11 is 0. The zero-order valence-corrected chi connectivity index (χ0v) is 13.8. The van der Waals surface area contributed by atoms with Crippen molar-refractivity contribution in [2.45, 2.75) is 29.7 Å². The topological polar surface area (TPSA) is 107 Å². The summed E-state index contributed by atoms with van der Waals surface area (Å²) in [6.07, 6.45) is 0. The van der Waals surface area contributed by atoms with Crippen LogP contribution in [0.4, 0.5) is 0 Å². The fourth-order valence-electron chi connectivity index (χ4n) is 1.78. The maximum Gasteiger partial charge on any atom is 0.243 e. The summed E-state index contributed by atoms with van der Waals surface area (Å²) in [6, 6.07) is 4.72. The SMILES string of the molecule is COCCN(C(C)C)S(=O)(=O)c1cccc(S(N)(=O)=O)c1. The number of ether oxygens (including phenoxy) is 1. The van der Waals surface area contributed by atoms with Crippen LogP contribution in [0.1, 0.15) is 13.8 Å². The van der Waals surface area contributed by atoms with Crippen molar-refractivity contribution >= 4 is 20.0 Å². The Hall–Kier alpha value is -1.00. The molecular weight excluding hydrogens is 316 g/mol. The van der Waals surface area contributed by atoms with Gasteiger partial charge in [-0.1, -0.05) is 6.07 Å². The number of primary sulfonamides is 1. The van der Waals surface area contributed by atoms with E-state index in [4.69, 9.17) is 9.88 Å². The number of methoxy groups -OCH3 is 1. The first-order valence-electron chi connectivity index (χ1n) is 6.24. The molecule has 21 heavy (non-hydrogen) atoms. The minimum Gasteiger partial charge on any atom is -0.383 e. The van der Waals surface area contributed by atoms with Crippen molar-refractivity contribution in [3.05, 3.63) is 24.3 Å². The molecule has 0 saturated heterocycles. The van der Waals surface area contributed by atoms with Crippen LogP contribution in [0, 0.1) is 0 Å². The second kappa shape index (κ2) is 6.84. The monoisotopic (exact) mass is 336 g/mol. The van der Waals surface area contributed by atoms with Crippen LogP contribution in [0.15, 0.2) is 34.1 Å². The summed E-state index contributed by atoms with van der Waals surface area (Å²) in [5, 5.41) is 5.03. The minimum absolute atomic E-state index is 0.112. The Kier molecular flexibility index (Phi) is 5.88. The molecule has 0 aliphatic rings. The normalized spacial score (nSPS) is 13.0. The summed E-state index contributed by atoms with van der Waals surface area (Å²) < 4.78 is 54.0. The first-order valence-corrected chi connectivity index (χ1v) is 9.23. The predicted molar refractivity (Wildman–Crippen MR) is 78.7 cm³/mol. The number of sulfonamides is 2. The summed E-state index contributed by atoms with van der Waals surface area (Å²) in [7, 11) is -6.30. The highest BCUT2D eigenvalue weighted by molar-refractivity contribution is 7.90. The van der Waals surface area contributed by atoms with Crippen molar-refractivity contribution in [1.29, 1.82) is 0 Å². The van der Waals surface area contributed by atoms with E-state index in [1.165, 1.54) is 29.6 Å². The zero-order valence-electron chi connectivity index (χ0n) is 12.2. The highest BCUT2D eigenvalue weighted by Crippen LogP contribution is 2.20. The molecule has 0 radical (unpaired) electrons. The first-order chi connectivity index (χ1) is 9.60. The Morgan fingerprint density at radius 1 is 1.19 bits per heavy atom. The molecule has 120 valence electrons. The molecule has 0 atom stereocenters. The number of nitrogens with zero attached hydrogens (tertiary/aromatic N) is 1. The maximum absolute atomic E-state index is 12.6. The van der Waals surface area contributed by atoms with Gasteiger partial charge in [-0.05, 0) is 32.0 Å². The molecule has 0 unspecified atom stereocenters. The quantitative estimate of drug-likeness (QED) is 0.774. The third kappa shape index (κ3) is 4.48. The molecule has 1 aromatic carbocycles. The van der Waals surface area contributed by atoms with E-state index in [2.05, 4.69) is 0 Å². The molecule has 7 nitrogen and oxygen atoms in total. The highest BCUT2D eigenvalue weighted by atomic mass is 32.2. The van der Waals surface area contributed by atoms with Gasteiger partial charge in [0.1, 0.15) is 0 Å². The van der Waals surface area contributed by atoms with Crippen LogP contribution in [0.2, 0.25) is 0 Å². The predicted octanol–water partition coefficient (Wildman–Crippen LogP) is 0.380. The lowest BCUT2D eigenvalue weighted by atomic mass is 10.4. The summed E-state index contributed by atoms with van der Waals surface area (Å²) in [6.45, 7) is 3.88. The molecule has 2 N–H and O–H groups in total. The molecule has 0 saturated carbocycles. The summed E-state index contributed by atoms with van der Waals surface area (Å²) in [5.41, 5.74) is 0. The Labute approximate surface area is 125 Å². The molecule has 0 aliphatic carbocycles. The smallest absolute Gasteiger partial charge is 0.243 e. The van der Waals surface area contributed by atoms with Crippen LogP contribution in [-0.2, 0) is 24.8 Å². The molecule has 1 rings (SSSR count). The third-order valence-corrected chi connectivity index (χ3v) is 5.81. The van der Waals surface area contributed by atoms with Gasteiger partial charge < -0.3 is 4.74 Å². The number of hydrogen-bond donors (Lipinski definition) is 1. The molecule has 0 bridgehead atoms. The van der Waals surface area contributed by atoms with Gasteiger partial charge in [-0.25, -0.2) is 22.0 Å². The molecule has 0 fully saturated rings. The van der Waals surface area contributed by atoms with Gasteiger partial charge in [0.25, 0.3) is 0 Å². The van der Waals surface area contributed by atoms with Gasteiger partial charge in [-0.2, -0.15) is 4.31 Å². The fraction of sp³-hybridized carbons (Fsp3) is 0.500. The van der Waals surface area contributed by atoms with E-state index in [-0.39, 0.29) is 29.0 Å². The largest absolute Gasteiger partial charge is 0.383 e. The molecule has 0 aromatic heterocycles. The van der Waals surface area contributed by atoms with Crippen molar-refractivity contribution in [3.63, 3.8) is 0 Å². The van der Waals surface area contributed by atoms with E-state index < -0.39 is 20.0 Å². The van der Waals surface area contributed by atoms with E-state index in [9.17, 15) is 16.8 Å². The third-order valence-electron chi connectivity index (χ3n) is 2.83. The van der Waals surface area contributed by atoms with Crippen molar-refractivity contribution < 1.29 is 21.6 Å². The molecule has 0 amide bonds. The molecule has 0 aliphatic heterocycles. The van der Waals surface area contributed by atoms with E-state index >= 15 is 0 Å². The van der Waals surface area contributed by atoms with Crippen molar-refractivity contribution in [1.82, 2.24) is 4.31 Å². The second-order valence-electron chi connectivity index (χ2n) is 4.72. The van der Waals surface area contributed by atoms with Crippen molar-refractivity contribution in [2.24, 2.45) is 5.14 Å². The van der Waals surface area contributed by atoms with E-state index in [1.54, 1.807) is 13.8 Å². The van der Waals surface area contributed by atoms with Crippen molar-refractivity contribution in [2.75, 3.05) is 20.3 Å². The first kappa shape index (κ1) is 18.1. The number of hydrogen-bond acceptors (Lipinski definition) is 5. The fourth-order valence-corrected chi connectivity index (χ4v) is 4.09. The van der Waals surface area contributed by atoms with Gasteiger partial charge in [0.15, 0.2) is 0 Å². The van der Waals surface area contributed by atoms with E-state index in [1.807, 2.05) is 0 Å². The van der Waals surface area contributed by atoms with Gasteiger partial charge in [-0.3, -0.25) is 0 Å². The average Bonchev–Trinajstić information content (AvgIpc) is 2.37. The number of nitrogens with two attached hydrogens (primary N) is 1. The Morgan fingerprint density at radius 3 is 2.24 bits per heavy atom. The Balaban J connectivity index is 3.29.